The minimum absolute atomic E-state index is 0.110. The Morgan fingerprint density at radius 1 is 0.857 bits per heavy atom. The predicted octanol–water partition coefficient (Wildman–Crippen LogP) is 2.15. The zero-order chi connectivity index (χ0) is 25.8. The van der Waals surface area contributed by atoms with Crippen LogP contribution in [0.15, 0.2) is 94.0 Å². The van der Waals surface area contributed by atoms with Crippen molar-refractivity contribution in [1.29, 1.82) is 0 Å². The topological polar surface area (TPSA) is 136 Å². The molecule has 10 nitrogen and oxygen atoms in total. The van der Waals surface area contributed by atoms with E-state index < -0.39 is 36.9 Å². The van der Waals surface area contributed by atoms with Crippen molar-refractivity contribution in [2.45, 2.75) is 16.7 Å². The predicted molar refractivity (Wildman–Crippen MR) is 127 cm³/mol. The van der Waals surface area contributed by atoms with Crippen LogP contribution in [0.1, 0.15) is 5.56 Å². The van der Waals surface area contributed by atoms with E-state index in [0.29, 0.717) is 5.56 Å². The van der Waals surface area contributed by atoms with E-state index in [1.54, 1.807) is 17.1 Å². The number of nitrogens with one attached hydrogen (secondary N) is 1. The number of carbonyl (C=O) groups is 2. The molecule has 1 N–H and O–H groups in total. The summed E-state index contributed by atoms with van der Waals surface area (Å²) in [5.74, 6) is -1.81. The molecule has 0 aliphatic carbocycles. The van der Waals surface area contributed by atoms with Crippen LogP contribution in [0.5, 0.6) is 0 Å². The second-order valence-electron chi connectivity index (χ2n) is 7.19. The van der Waals surface area contributed by atoms with Crippen LogP contribution in [0, 0.1) is 6.92 Å². The molecular weight excluding hydrogens is 496 g/mol. The van der Waals surface area contributed by atoms with Crippen LogP contribution in [0.2, 0.25) is 0 Å². The maximum Gasteiger partial charge on any atom is 0.355 e. The van der Waals surface area contributed by atoms with Crippen LogP contribution in [-0.4, -0.2) is 43.0 Å². The minimum atomic E-state index is -4.69. The summed E-state index contributed by atoms with van der Waals surface area (Å²) in [7, 11) is -6.94. The molecule has 0 bridgehead atoms. The van der Waals surface area contributed by atoms with Crippen LogP contribution in [-0.2, 0) is 39.1 Å². The zero-order valence-corrected chi connectivity index (χ0v) is 20.6. The van der Waals surface area contributed by atoms with Crippen molar-refractivity contribution < 1.29 is 35.9 Å². The smallest absolute Gasteiger partial charge is 0.355 e. The summed E-state index contributed by atoms with van der Waals surface area (Å²) in [5, 5.41) is 0. The van der Waals surface area contributed by atoms with E-state index in [-0.39, 0.29) is 21.9 Å². The first-order valence-electron chi connectivity index (χ1n) is 10.0. The van der Waals surface area contributed by atoms with Crippen molar-refractivity contribution in [3.05, 3.63) is 89.8 Å². The van der Waals surface area contributed by atoms with Gasteiger partial charge in [0.2, 0.25) is 0 Å². The number of sulfonamides is 2. The van der Waals surface area contributed by atoms with E-state index in [4.69, 9.17) is 9.47 Å². The van der Waals surface area contributed by atoms with E-state index in [1.807, 2.05) is 0 Å². The minimum Gasteiger partial charge on any atom is -0.465 e. The number of methoxy groups -OCH3 is 2. The van der Waals surface area contributed by atoms with Gasteiger partial charge in [0.05, 0.1) is 30.4 Å². The number of esters is 2. The molecule has 0 saturated heterocycles. The number of aryl methyl sites for hydroxylation is 1. The first kappa shape index (κ1) is 25.9. The normalized spacial score (nSPS) is 14.0. The average molecular weight is 519 g/mol. The van der Waals surface area contributed by atoms with Crippen molar-refractivity contribution in [2.24, 2.45) is 0 Å². The summed E-state index contributed by atoms with van der Waals surface area (Å²) < 4.78 is 63.6. The number of hydrogen-bond acceptors (Lipinski definition) is 9. The molecule has 2 aromatic rings. The van der Waals surface area contributed by atoms with Crippen LogP contribution in [0.4, 0.5) is 5.69 Å². The maximum absolute atomic E-state index is 13.3. The molecule has 0 spiro atoms. The molecular formula is C23H22N2O8S2. The van der Waals surface area contributed by atoms with Crippen LogP contribution >= 0.6 is 0 Å². The van der Waals surface area contributed by atoms with E-state index in [2.05, 4.69) is 0 Å². The number of hydrogen-bond donors (Lipinski definition) is 1. The van der Waals surface area contributed by atoms with Crippen molar-refractivity contribution in [3.8, 4) is 0 Å². The maximum atomic E-state index is 13.3. The monoisotopic (exact) mass is 518 g/mol. The highest BCUT2D eigenvalue weighted by Gasteiger charge is 2.32. The Labute approximate surface area is 203 Å². The summed E-state index contributed by atoms with van der Waals surface area (Å²) in [6.45, 7) is 1.67. The third-order valence-corrected chi connectivity index (χ3v) is 8.38. The highest BCUT2D eigenvalue weighted by Crippen LogP contribution is 2.32. The van der Waals surface area contributed by atoms with Gasteiger partial charge in [0.15, 0.2) is 0 Å². The molecule has 0 fully saturated rings. The number of nitrogens with zero attached hydrogens (tertiary/aromatic N) is 1. The Morgan fingerprint density at radius 3 is 2.20 bits per heavy atom. The summed E-state index contributed by atoms with van der Waals surface area (Å²) in [4.78, 5) is 25.5. The summed E-state index contributed by atoms with van der Waals surface area (Å²) in [5.41, 5.74) is -0.0114. The second kappa shape index (κ2) is 10.3. The number of carbonyl (C=O) groups excluding carboxylic acids is 2. The van der Waals surface area contributed by atoms with Gasteiger partial charge in [-0.05, 0) is 48.9 Å². The van der Waals surface area contributed by atoms with Crippen molar-refractivity contribution in [3.63, 3.8) is 0 Å². The fraction of sp³-hybridized carbons (Fsp3) is 0.130. The molecule has 0 saturated carbocycles. The largest absolute Gasteiger partial charge is 0.465 e. The van der Waals surface area contributed by atoms with Gasteiger partial charge in [0.25, 0.3) is 20.0 Å². The van der Waals surface area contributed by atoms with Gasteiger partial charge < -0.3 is 14.4 Å². The number of rotatable bonds is 7. The van der Waals surface area contributed by atoms with Crippen molar-refractivity contribution in [2.75, 3.05) is 19.1 Å². The number of anilines is 1. The summed E-state index contributed by atoms with van der Waals surface area (Å²) in [6, 6.07) is 11.1. The Kier molecular flexibility index (Phi) is 7.58. The Bertz CT molecular complexity index is 1470. The fourth-order valence-corrected chi connectivity index (χ4v) is 6.45. The van der Waals surface area contributed by atoms with Crippen molar-refractivity contribution >= 4 is 37.7 Å². The third-order valence-electron chi connectivity index (χ3n) is 4.82. The molecule has 0 aromatic heterocycles. The molecule has 1 aliphatic heterocycles. The molecule has 184 valence electrons. The molecule has 1 aliphatic rings. The number of allylic oxidation sites excluding steroid dienone is 2. The molecule has 0 amide bonds. The summed E-state index contributed by atoms with van der Waals surface area (Å²) in [6.07, 6.45) is 5.56. The Hall–Kier alpha value is -3.74. The highest BCUT2D eigenvalue weighted by atomic mass is 32.3. The van der Waals surface area contributed by atoms with Gasteiger partial charge in [0.1, 0.15) is 10.6 Å². The summed E-state index contributed by atoms with van der Waals surface area (Å²) >= 11 is 0. The molecule has 3 rings (SSSR count). The molecule has 0 atom stereocenters. The van der Waals surface area contributed by atoms with Crippen LogP contribution < -0.4 is 9.03 Å². The van der Waals surface area contributed by atoms with Gasteiger partial charge in [0, 0.05) is 6.20 Å². The van der Waals surface area contributed by atoms with E-state index >= 15 is 0 Å². The van der Waals surface area contributed by atoms with Crippen molar-refractivity contribution in [1.82, 2.24) is 4.13 Å². The van der Waals surface area contributed by atoms with Gasteiger partial charge in [-0.15, -0.1) is 4.13 Å². The van der Waals surface area contributed by atoms with E-state index in [0.717, 1.165) is 19.1 Å². The number of ether oxygens (including phenoxy) is 2. The SMILES string of the molecule is COC(=O)C1=C(C(=O)OC)N(c2ccccc2S(=O)(=O)NS(=O)(=O)c2cccc(C)c2)C=CC=C1. The standard InChI is InChI=1S/C23H22N2O8S2/c1-16-9-8-10-17(15-16)34(28,29)24-35(30,31)20-13-5-4-12-19(20)25-14-7-6-11-18(22(26)32-2)21(25)23(27)33-3/h4-15,24H,1-3H3. The lowest BCUT2D eigenvalue weighted by Crippen LogP contribution is -2.33. The lowest BCUT2D eigenvalue weighted by Gasteiger charge is -2.25. The van der Waals surface area contributed by atoms with Gasteiger partial charge in [-0.1, -0.05) is 30.3 Å². The lowest BCUT2D eigenvalue weighted by atomic mass is 10.1. The van der Waals surface area contributed by atoms with Gasteiger partial charge in [-0.2, -0.15) is 0 Å². The first-order valence-corrected chi connectivity index (χ1v) is 13.0. The second-order valence-corrected chi connectivity index (χ2v) is 10.8. The Balaban J connectivity index is 2.17. The quantitative estimate of drug-likeness (QED) is 0.547. The molecule has 1 heterocycles. The van der Waals surface area contributed by atoms with E-state index in [1.165, 1.54) is 66.9 Å². The first-order chi connectivity index (χ1) is 16.5. The highest BCUT2D eigenvalue weighted by molar-refractivity contribution is 8.04. The molecule has 0 unspecified atom stereocenters. The third kappa shape index (κ3) is 5.50. The van der Waals surface area contributed by atoms with Crippen LogP contribution in [0.3, 0.4) is 0 Å². The molecule has 0 radical (unpaired) electrons. The zero-order valence-electron chi connectivity index (χ0n) is 19.0. The molecule has 12 heteroatoms. The number of para-hydroxylation sites is 1. The van der Waals surface area contributed by atoms with Gasteiger partial charge in [-0.25, -0.2) is 26.4 Å². The van der Waals surface area contributed by atoms with Gasteiger partial charge >= 0.3 is 11.9 Å². The average Bonchev–Trinajstić information content (AvgIpc) is 3.05. The number of benzene rings is 2. The van der Waals surface area contributed by atoms with E-state index in [9.17, 15) is 26.4 Å². The molecule has 2 aromatic carbocycles. The lowest BCUT2D eigenvalue weighted by molar-refractivity contribution is -0.139. The molecule has 35 heavy (non-hydrogen) atoms. The fourth-order valence-electron chi connectivity index (χ4n) is 3.25. The van der Waals surface area contributed by atoms with Crippen LogP contribution in [0.25, 0.3) is 0 Å². The van der Waals surface area contributed by atoms with Gasteiger partial charge in [-0.3, -0.25) is 0 Å². The Morgan fingerprint density at radius 2 is 1.54 bits per heavy atom.